The summed E-state index contributed by atoms with van der Waals surface area (Å²) in [5.41, 5.74) is 2.84. The first-order valence-electron chi connectivity index (χ1n) is 10.1. The second-order valence-electron chi connectivity index (χ2n) is 8.44. The first-order chi connectivity index (χ1) is 14.6. The third kappa shape index (κ3) is 5.96. The van der Waals surface area contributed by atoms with Gasteiger partial charge in [0.1, 0.15) is 5.75 Å². The summed E-state index contributed by atoms with van der Waals surface area (Å²) in [6, 6.07) is 21.4. The Morgan fingerprint density at radius 3 is 2.16 bits per heavy atom. The minimum Gasteiger partial charge on any atom is -0.481 e. The van der Waals surface area contributed by atoms with Gasteiger partial charge in [-0.25, -0.2) is 0 Å². The number of anilines is 1. The summed E-state index contributed by atoms with van der Waals surface area (Å²) in [5, 5.41) is 3.40. The van der Waals surface area contributed by atoms with E-state index in [-0.39, 0.29) is 17.1 Å². The Balaban J connectivity index is 1.68. The molecular formula is C26H26ClNO3. The molecule has 0 aromatic heterocycles. The maximum atomic E-state index is 12.9. The second kappa shape index (κ2) is 9.36. The average Bonchev–Trinajstić information content (AvgIpc) is 2.74. The molecule has 1 amide bonds. The van der Waals surface area contributed by atoms with E-state index in [0.29, 0.717) is 27.6 Å². The van der Waals surface area contributed by atoms with Crippen molar-refractivity contribution in [3.05, 3.63) is 94.5 Å². The Kier molecular flexibility index (Phi) is 6.81. The minimum atomic E-state index is -0.717. The summed E-state index contributed by atoms with van der Waals surface area (Å²) in [6.45, 7) is 8.06. The molecule has 31 heavy (non-hydrogen) atoms. The molecule has 5 heteroatoms. The zero-order valence-corrected chi connectivity index (χ0v) is 18.9. The highest BCUT2D eigenvalue weighted by Crippen LogP contribution is 2.23. The molecule has 0 saturated carbocycles. The molecule has 1 atom stereocenters. The second-order valence-corrected chi connectivity index (χ2v) is 8.88. The first-order valence-corrected chi connectivity index (χ1v) is 10.5. The van der Waals surface area contributed by atoms with Crippen molar-refractivity contribution in [1.29, 1.82) is 0 Å². The highest BCUT2D eigenvalue weighted by atomic mass is 35.5. The van der Waals surface area contributed by atoms with E-state index in [2.05, 4.69) is 26.1 Å². The molecule has 0 aliphatic carbocycles. The van der Waals surface area contributed by atoms with Crippen LogP contribution in [0, 0.1) is 0 Å². The quantitative estimate of drug-likeness (QED) is 0.464. The third-order valence-electron chi connectivity index (χ3n) is 4.90. The minimum absolute atomic E-state index is 0.0244. The number of halogens is 1. The number of carbonyl (C=O) groups excluding carboxylic acids is 2. The summed E-state index contributed by atoms with van der Waals surface area (Å²) in [6.07, 6.45) is -0.717. The number of amides is 1. The average molecular weight is 436 g/mol. The van der Waals surface area contributed by atoms with E-state index in [0.717, 1.165) is 0 Å². The van der Waals surface area contributed by atoms with Crippen molar-refractivity contribution in [2.45, 2.75) is 39.2 Å². The Labute approximate surface area is 188 Å². The SMILES string of the molecule is C[C@H](Oc1ccc(Cl)cc1)C(=O)Nc1cccc(C(=O)c2ccc(C(C)(C)C)cc2)c1. The number of carbonyl (C=O) groups is 2. The van der Waals surface area contributed by atoms with Gasteiger partial charge in [-0.2, -0.15) is 0 Å². The van der Waals surface area contributed by atoms with Crippen LogP contribution in [0.25, 0.3) is 0 Å². The molecule has 160 valence electrons. The predicted octanol–water partition coefficient (Wildman–Crippen LogP) is 6.27. The van der Waals surface area contributed by atoms with E-state index >= 15 is 0 Å². The van der Waals surface area contributed by atoms with Gasteiger partial charge in [0.2, 0.25) is 0 Å². The van der Waals surface area contributed by atoms with Crippen molar-refractivity contribution in [2.75, 3.05) is 5.32 Å². The number of ketones is 1. The van der Waals surface area contributed by atoms with E-state index in [9.17, 15) is 9.59 Å². The lowest BCUT2D eigenvalue weighted by Crippen LogP contribution is -2.30. The van der Waals surface area contributed by atoms with E-state index in [1.54, 1.807) is 55.5 Å². The van der Waals surface area contributed by atoms with Gasteiger partial charge in [0.25, 0.3) is 5.91 Å². The zero-order chi connectivity index (χ0) is 22.6. The molecule has 3 aromatic rings. The Bertz CT molecular complexity index is 1070. The van der Waals surface area contributed by atoms with Gasteiger partial charge in [-0.1, -0.05) is 68.8 Å². The van der Waals surface area contributed by atoms with Crippen molar-refractivity contribution < 1.29 is 14.3 Å². The summed E-state index contributed by atoms with van der Waals surface area (Å²) >= 11 is 5.87. The van der Waals surface area contributed by atoms with Crippen molar-refractivity contribution >= 4 is 29.0 Å². The molecule has 0 saturated heterocycles. The van der Waals surface area contributed by atoms with E-state index in [1.807, 2.05) is 24.3 Å². The van der Waals surface area contributed by atoms with Gasteiger partial charge in [-0.3, -0.25) is 9.59 Å². The van der Waals surface area contributed by atoms with Crippen LogP contribution in [0.3, 0.4) is 0 Å². The molecule has 0 aliphatic rings. The van der Waals surface area contributed by atoms with Crippen LogP contribution in [-0.4, -0.2) is 17.8 Å². The molecular weight excluding hydrogens is 410 g/mol. The predicted molar refractivity (Wildman–Crippen MR) is 125 cm³/mol. The van der Waals surface area contributed by atoms with Gasteiger partial charge in [0, 0.05) is 21.8 Å². The number of nitrogens with one attached hydrogen (secondary N) is 1. The molecule has 0 unspecified atom stereocenters. The fraction of sp³-hybridized carbons (Fsp3) is 0.231. The molecule has 0 aliphatic heterocycles. The molecule has 0 bridgehead atoms. The molecule has 4 nitrogen and oxygen atoms in total. The third-order valence-corrected chi connectivity index (χ3v) is 5.15. The summed E-state index contributed by atoms with van der Waals surface area (Å²) in [4.78, 5) is 25.4. The summed E-state index contributed by atoms with van der Waals surface area (Å²) in [7, 11) is 0. The highest BCUT2D eigenvalue weighted by molar-refractivity contribution is 6.30. The van der Waals surface area contributed by atoms with Crippen LogP contribution in [0.2, 0.25) is 5.02 Å². The fourth-order valence-corrected chi connectivity index (χ4v) is 3.17. The molecule has 0 heterocycles. The highest BCUT2D eigenvalue weighted by Gasteiger charge is 2.17. The summed E-state index contributed by atoms with van der Waals surface area (Å²) < 4.78 is 5.65. The molecule has 0 fully saturated rings. The van der Waals surface area contributed by atoms with Gasteiger partial charge in [0.05, 0.1) is 0 Å². The maximum Gasteiger partial charge on any atom is 0.265 e. The lowest BCUT2D eigenvalue weighted by Gasteiger charge is -2.19. The van der Waals surface area contributed by atoms with Gasteiger partial charge >= 0.3 is 0 Å². The van der Waals surface area contributed by atoms with Gasteiger partial charge in [-0.05, 0) is 54.3 Å². The number of rotatable bonds is 6. The van der Waals surface area contributed by atoms with Crippen LogP contribution in [0.15, 0.2) is 72.8 Å². The van der Waals surface area contributed by atoms with Crippen molar-refractivity contribution in [1.82, 2.24) is 0 Å². The van der Waals surface area contributed by atoms with Crippen LogP contribution in [-0.2, 0) is 10.2 Å². The van der Waals surface area contributed by atoms with Gasteiger partial charge in [0.15, 0.2) is 11.9 Å². The van der Waals surface area contributed by atoms with Crippen LogP contribution >= 0.6 is 11.6 Å². The number of ether oxygens (including phenoxy) is 1. The van der Waals surface area contributed by atoms with Crippen molar-refractivity contribution in [3.63, 3.8) is 0 Å². The van der Waals surface area contributed by atoms with Gasteiger partial charge < -0.3 is 10.1 Å². The smallest absolute Gasteiger partial charge is 0.265 e. The normalized spacial score (nSPS) is 12.2. The summed E-state index contributed by atoms with van der Waals surface area (Å²) in [5.74, 6) is 0.144. The lowest BCUT2D eigenvalue weighted by atomic mass is 9.86. The Morgan fingerprint density at radius 1 is 0.903 bits per heavy atom. The molecule has 0 spiro atoms. The van der Waals surface area contributed by atoms with Crippen LogP contribution < -0.4 is 10.1 Å². The maximum absolute atomic E-state index is 12.9. The van der Waals surface area contributed by atoms with Crippen molar-refractivity contribution in [3.8, 4) is 5.75 Å². The number of hydrogen-bond acceptors (Lipinski definition) is 3. The monoisotopic (exact) mass is 435 g/mol. The zero-order valence-electron chi connectivity index (χ0n) is 18.1. The Hall–Kier alpha value is -3.11. The van der Waals surface area contributed by atoms with Gasteiger partial charge in [-0.15, -0.1) is 0 Å². The van der Waals surface area contributed by atoms with E-state index < -0.39 is 6.10 Å². The van der Waals surface area contributed by atoms with Crippen LogP contribution in [0.1, 0.15) is 49.2 Å². The van der Waals surface area contributed by atoms with Crippen LogP contribution in [0.4, 0.5) is 5.69 Å². The first kappa shape index (κ1) is 22.6. The fourth-order valence-electron chi connectivity index (χ4n) is 3.04. The van der Waals surface area contributed by atoms with E-state index in [4.69, 9.17) is 16.3 Å². The standard InChI is InChI=1S/C26H26ClNO3/c1-17(31-23-14-12-21(27)13-15-23)25(30)28-22-7-5-6-19(16-22)24(29)18-8-10-20(11-9-18)26(2,3)4/h5-17H,1-4H3,(H,28,30)/t17-/m0/s1. The van der Waals surface area contributed by atoms with E-state index in [1.165, 1.54) is 5.56 Å². The molecule has 3 aromatic carbocycles. The molecule has 0 radical (unpaired) electrons. The molecule has 1 N–H and O–H groups in total. The van der Waals surface area contributed by atoms with Crippen molar-refractivity contribution in [2.24, 2.45) is 0 Å². The number of benzene rings is 3. The number of hydrogen-bond donors (Lipinski definition) is 1. The topological polar surface area (TPSA) is 55.4 Å². The molecule has 3 rings (SSSR count). The Morgan fingerprint density at radius 2 is 1.55 bits per heavy atom. The van der Waals surface area contributed by atoms with Crippen LogP contribution in [0.5, 0.6) is 5.75 Å². The largest absolute Gasteiger partial charge is 0.481 e. The lowest BCUT2D eigenvalue weighted by molar-refractivity contribution is -0.122.